The third kappa shape index (κ3) is 18.6. The Morgan fingerprint density at radius 2 is 1.43 bits per heavy atom. The Morgan fingerprint density at radius 1 is 0.932 bits per heavy atom. The molecule has 0 spiro atoms. The van der Waals surface area contributed by atoms with Gasteiger partial charge in [0.2, 0.25) is 0 Å². The predicted octanol–water partition coefficient (Wildman–Crippen LogP) is 9.29. The summed E-state index contributed by atoms with van der Waals surface area (Å²) in [6.45, 7) is 9.93. The Bertz CT molecular complexity index is 1200. The van der Waals surface area contributed by atoms with Gasteiger partial charge in [0, 0.05) is 138 Å². The summed E-state index contributed by atoms with van der Waals surface area (Å²) in [5.41, 5.74) is 1.49. The van der Waals surface area contributed by atoms with Gasteiger partial charge in [-0.1, -0.05) is 81.8 Å². The molecule has 2 N–H and O–H groups in total. The predicted molar refractivity (Wildman–Crippen MR) is 193 cm³/mol. The number of benzene rings is 2. The van der Waals surface area contributed by atoms with Crippen molar-refractivity contribution in [3.63, 3.8) is 0 Å². The van der Waals surface area contributed by atoms with E-state index >= 15 is 0 Å². The van der Waals surface area contributed by atoms with Crippen LogP contribution in [0.4, 0.5) is 9.09 Å². The molecule has 4 rings (SSSR count). The molecule has 2 aromatic carbocycles. The summed E-state index contributed by atoms with van der Waals surface area (Å²) in [4.78, 5) is 0. The number of hydrogen-bond acceptors (Lipinski definition) is 5. The van der Waals surface area contributed by atoms with Gasteiger partial charge in [-0.25, -0.2) is 4.39 Å². The number of phenols is 1. The molecule has 6 atom stereocenters. The second-order valence-electron chi connectivity index (χ2n) is 9.36. The molecular weight excluding hydrogens is 1220 g/mol. The van der Waals surface area contributed by atoms with Crippen LogP contribution in [-0.2, 0) is 128 Å². The van der Waals surface area contributed by atoms with Crippen LogP contribution >= 0.6 is 81.5 Å². The minimum Gasteiger partial charge on any atom is -0.530 e. The Balaban J connectivity index is -0.000000292. The summed E-state index contributed by atoms with van der Waals surface area (Å²) < 4.78 is 31.4. The van der Waals surface area contributed by atoms with E-state index in [1.807, 2.05) is 58.8 Å². The molecule has 2 aliphatic rings. The van der Waals surface area contributed by atoms with Crippen LogP contribution < -0.4 is 4.65 Å². The Kier molecular flexibility index (Phi) is 34.8. The maximum Gasteiger partial charge on any atom is 0.552 e. The first-order valence-corrected chi connectivity index (χ1v) is 23.9. The van der Waals surface area contributed by atoms with Crippen LogP contribution in [0.25, 0.3) is 12.2 Å². The molecule has 1 fully saturated rings. The van der Waals surface area contributed by atoms with Crippen molar-refractivity contribution in [1.82, 2.24) is 0 Å². The molecular formula is C23H34B2Br2F2IrO5P6Y3. The van der Waals surface area contributed by atoms with Gasteiger partial charge in [0.1, 0.15) is 11.5 Å². The number of phenolic OH excluding ortho intramolecular Hbond substituents is 1. The first-order chi connectivity index (χ1) is 18.2. The minimum absolute atomic E-state index is 0. The molecule has 0 aliphatic carbocycles. The number of rotatable bonds is 5. The molecule has 0 amide bonds. The fourth-order valence-electron chi connectivity index (χ4n) is 3.28. The first-order valence-electron chi connectivity index (χ1n) is 11.7. The number of aromatic hydroxyl groups is 1. The summed E-state index contributed by atoms with van der Waals surface area (Å²) in [6.07, 6.45) is 3.45. The van der Waals surface area contributed by atoms with E-state index in [9.17, 15) is 9.50 Å². The van der Waals surface area contributed by atoms with Crippen molar-refractivity contribution < 1.29 is 151 Å². The fourth-order valence-corrected chi connectivity index (χ4v) is 21.8. The van der Waals surface area contributed by atoms with Crippen LogP contribution in [0, 0.1) is 12.7 Å². The molecule has 238 valence electrons. The third-order valence-electron chi connectivity index (χ3n) is 5.92. The summed E-state index contributed by atoms with van der Waals surface area (Å²) in [6, 6.07) is 6.76. The van der Waals surface area contributed by atoms with Crippen LogP contribution in [0.15, 0.2) is 45.2 Å². The first kappa shape index (κ1) is 55.6. The second-order valence-corrected chi connectivity index (χ2v) is 25.2. The van der Waals surface area contributed by atoms with Crippen molar-refractivity contribution in [2.45, 2.75) is 45.8 Å². The van der Waals surface area contributed by atoms with Gasteiger partial charge in [-0.2, -0.15) is 0 Å². The Hall–Kier alpha value is 4.89. The summed E-state index contributed by atoms with van der Waals surface area (Å²) in [5.74, 6) is 3.18. The molecule has 5 nitrogen and oxygen atoms in total. The largest absolute Gasteiger partial charge is 0.552 e. The van der Waals surface area contributed by atoms with Crippen LogP contribution in [-0.4, -0.2) is 35.6 Å². The van der Waals surface area contributed by atoms with E-state index in [1.165, 1.54) is 28.0 Å². The monoisotopic (exact) mass is 1250 g/mol. The summed E-state index contributed by atoms with van der Waals surface area (Å²) >= 11 is 6.59. The Morgan fingerprint density at radius 3 is 1.93 bits per heavy atom. The van der Waals surface area contributed by atoms with E-state index in [2.05, 4.69) is 49.7 Å². The summed E-state index contributed by atoms with van der Waals surface area (Å²) in [7, 11) is 8.77. The van der Waals surface area contributed by atoms with Crippen LogP contribution in [0.3, 0.4) is 0 Å². The van der Waals surface area contributed by atoms with Crippen molar-refractivity contribution in [3.05, 3.63) is 67.7 Å². The van der Waals surface area contributed by atoms with Gasteiger partial charge in [-0.15, -0.1) is 17.9 Å². The molecule has 2 heterocycles. The average molecular weight is 1250 g/mol. The van der Waals surface area contributed by atoms with Crippen molar-refractivity contribution in [2.24, 2.45) is 0 Å². The van der Waals surface area contributed by atoms with Gasteiger partial charge >= 0.3 is 14.2 Å². The zero-order valence-corrected chi connectivity index (χ0v) is 45.0. The zero-order valence-electron chi connectivity index (χ0n) is 24.7. The standard InChI is InChI=1S/C15H20BBrO3.C8H5BBrFO2.FH.Ir.H8P6.3Y/c1-10-8-12(17)9-11(13(10)18)6-7-16-19-14(2,3)15(4,5)20-16;10-6-3-5-1-2-9(12)13-8(5)7(11)4-6;;;1-3-5-6-4-2;;;/h6-9,18H,1-5H3;1-4,12H;1H;;3-6H,1-2H2;;;/b7-6+;;;;;;;. The molecule has 1 saturated heterocycles. The number of halogens is 4. The SMILES string of the molecule is Cc1cc(Br)cc(/C=C/B2OC(C)(C)C(C)(C)O2)c1O.F.OB1C=Cc2cc(Br)cc(F)c2O1.PPPPPP.[Ir].[Y].[Y].[Y]. The quantitative estimate of drug-likeness (QED) is 0.178. The second kappa shape index (κ2) is 27.5. The van der Waals surface area contributed by atoms with Crippen LogP contribution in [0.1, 0.15) is 44.4 Å². The van der Waals surface area contributed by atoms with Crippen LogP contribution in [0.2, 0.25) is 0 Å². The zero-order chi connectivity index (χ0) is 29.4. The van der Waals surface area contributed by atoms with Gasteiger partial charge in [0.15, 0.2) is 5.82 Å². The molecule has 21 heteroatoms. The molecule has 44 heavy (non-hydrogen) atoms. The molecule has 2 aliphatic heterocycles. The smallest absolute Gasteiger partial charge is 0.530 e. The fraction of sp³-hybridized carbons (Fsp3) is 0.304. The van der Waals surface area contributed by atoms with Gasteiger partial charge in [-0.3, -0.25) is 4.70 Å². The molecule has 0 aromatic heterocycles. The molecule has 6 unspecified atom stereocenters. The van der Waals surface area contributed by atoms with Gasteiger partial charge < -0.3 is 24.1 Å². The van der Waals surface area contributed by atoms with E-state index in [0.717, 1.165) is 31.5 Å². The topological polar surface area (TPSA) is 68.2 Å². The normalized spacial score (nSPS) is 15.9. The van der Waals surface area contributed by atoms with Gasteiger partial charge in [-0.05, 0) is 70.4 Å². The molecule has 0 saturated carbocycles. The van der Waals surface area contributed by atoms with Crippen LogP contribution in [0.5, 0.6) is 11.5 Å². The molecule has 0 bridgehead atoms. The summed E-state index contributed by atoms with van der Waals surface area (Å²) in [5, 5.41) is 19.1. The van der Waals surface area contributed by atoms with Crippen molar-refractivity contribution in [1.29, 1.82) is 0 Å². The van der Waals surface area contributed by atoms with E-state index in [-0.39, 0.29) is 146 Å². The number of aryl methyl sites for hydroxylation is 1. The van der Waals surface area contributed by atoms with Crippen molar-refractivity contribution in [2.75, 3.05) is 0 Å². The number of fused-ring (bicyclic) bond motifs is 1. The maximum absolute atomic E-state index is 13.2. The average Bonchev–Trinajstić information content (AvgIpc) is 3.06. The third-order valence-corrected chi connectivity index (χ3v) is 23.4. The molecule has 4 radical (unpaired) electrons. The van der Waals surface area contributed by atoms with Crippen molar-refractivity contribution >= 4 is 108 Å². The molecule has 2 aromatic rings. The van der Waals surface area contributed by atoms with E-state index < -0.39 is 20.1 Å². The van der Waals surface area contributed by atoms with Gasteiger partial charge in [0.25, 0.3) is 0 Å². The maximum atomic E-state index is 13.2. The van der Waals surface area contributed by atoms with Crippen molar-refractivity contribution in [3.8, 4) is 11.5 Å². The van der Waals surface area contributed by atoms with Gasteiger partial charge in [0.05, 0.1) is 11.2 Å². The number of hydrogen-bond donors (Lipinski definition) is 2. The van der Waals surface area contributed by atoms with E-state index in [4.69, 9.17) is 19.0 Å². The Labute approximate surface area is 378 Å². The van der Waals surface area contributed by atoms with E-state index in [1.54, 1.807) is 12.1 Å². The van der Waals surface area contributed by atoms with E-state index in [0.29, 0.717) is 10.0 Å². The minimum atomic E-state index is -1.05.